The number of piperidine rings is 1. The van der Waals surface area contributed by atoms with E-state index in [1.54, 1.807) is 12.1 Å². The van der Waals surface area contributed by atoms with E-state index in [9.17, 15) is 10.1 Å². The van der Waals surface area contributed by atoms with E-state index in [-0.39, 0.29) is 5.69 Å². The summed E-state index contributed by atoms with van der Waals surface area (Å²) in [6, 6.07) is 5.78. The van der Waals surface area contributed by atoms with Gasteiger partial charge < -0.3 is 14.2 Å². The zero-order valence-electron chi connectivity index (χ0n) is 11.6. The number of benzene rings is 1. The quantitative estimate of drug-likeness (QED) is 0.621. The Morgan fingerprint density at radius 1 is 1.24 bits per heavy atom. The molecule has 4 heterocycles. The first kappa shape index (κ1) is 12.6. The first-order valence-electron chi connectivity index (χ1n) is 7.25. The maximum atomic E-state index is 11.1. The number of hydrogen-bond donors (Lipinski definition) is 0. The van der Waals surface area contributed by atoms with Crippen molar-refractivity contribution in [3.8, 4) is 0 Å². The smallest absolute Gasteiger partial charge is 0.298 e. The van der Waals surface area contributed by atoms with E-state index < -0.39 is 4.92 Å². The lowest BCUT2D eigenvalue weighted by molar-refractivity contribution is -0.383. The predicted molar refractivity (Wildman–Crippen MR) is 77.5 cm³/mol. The molecule has 0 unspecified atom stereocenters. The summed E-state index contributed by atoms with van der Waals surface area (Å²) in [6.07, 6.45) is 2.20. The van der Waals surface area contributed by atoms with Crippen molar-refractivity contribution >= 4 is 22.8 Å². The van der Waals surface area contributed by atoms with Crippen LogP contribution in [-0.4, -0.2) is 47.0 Å². The SMILES string of the molecule is O=[N+]([O-])c1cccc2oc(N3CCN4CCC3CC4)nc12. The zero-order chi connectivity index (χ0) is 14.4. The van der Waals surface area contributed by atoms with Gasteiger partial charge in [0.1, 0.15) is 0 Å². The highest BCUT2D eigenvalue weighted by Gasteiger charge is 2.32. The minimum Gasteiger partial charge on any atom is -0.423 e. The van der Waals surface area contributed by atoms with Crippen molar-refractivity contribution in [2.45, 2.75) is 18.9 Å². The largest absolute Gasteiger partial charge is 0.423 e. The molecule has 3 fully saturated rings. The van der Waals surface area contributed by atoms with Crippen LogP contribution in [-0.2, 0) is 0 Å². The van der Waals surface area contributed by atoms with Crippen LogP contribution in [0.1, 0.15) is 12.8 Å². The molecule has 3 aliphatic heterocycles. The van der Waals surface area contributed by atoms with Crippen LogP contribution >= 0.6 is 0 Å². The van der Waals surface area contributed by atoms with Gasteiger partial charge in [-0.3, -0.25) is 10.1 Å². The van der Waals surface area contributed by atoms with Gasteiger partial charge in [0, 0.05) is 38.3 Å². The van der Waals surface area contributed by atoms with E-state index in [1.807, 2.05) is 0 Å². The number of nitro groups is 1. The van der Waals surface area contributed by atoms with Crippen molar-refractivity contribution in [3.05, 3.63) is 28.3 Å². The van der Waals surface area contributed by atoms with Gasteiger partial charge in [-0.2, -0.15) is 4.98 Å². The van der Waals surface area contributed by atoms with Crippen LogP contribution in [0.5, 0.6) is 0 Å². The maximum absolute atomic E-state index is 11.1. The molecule has 0 saturated carbocycles. The summed E-state index contributed by atoms with van der Waals surface area (Å²) in [4.78, 5) is 19.7. The number of para-hydroxylation sites is 1. The monoisotopic (exact) mass is 288 g/mol. The van der Waals surface area contributed by atoms with Crippen LogP contribution in [0.2, 0.25) is 0 Å². The first-order valence-corrected chi connectivity index (χ1v) is 7.25. The fourth-order valence-corrected chi connectivity index (χ4v) is 3.33. The molecular formula is C14H16N4O3. The molecule has 1 aromatic heterocycles. The summed E-state index contributed by atoms with van der Waals surface area (Å²) in [5.41, 5.74) is 0.834. The predicted octanol–water partition coefficient (Wildman–Crippen LogP) is 2.02. The van der Waals surface area contributed by atoms with E-state index >= 15 is 0 Å². The van der Waals surface area contributed by atoms with Crippen LogP contribution in [0.15, 0.2) is 22.6 Å². The van der Waals surface area contributed by atoms with Gasteiger partial charge in [0.05, 0.1) is 4.92 Å². The molecule has 7 heteroatoms. The summed E-state index contributed by atoms with van der Waals surface area (Å²) in [5.74, 6) is 0. The van der Waals surface area contributed by atoms with Gasteiger partial charge in [0.2, 0.25) is 0 Å². The first-order chi connectivity index (χ1) is 10.2. The molecular weight excluding hydrogens is 272 g/mol. The Balaban J connectivity index is 1.76. The highest BCUT2D eigenvalue weighted by Crippen LogP contribution is 2.32. The second-order valence-corrected chi connectivity index (χ2v) is 5.64. The van der Waals surface area contributed by atoms with Crippen LogP contribution in [0, 0.1) is 10.1 Å². The molecule has 3 saturated heterocycles. The fourth-order valence-electron chi connectivity index (χ4n) is 3.33. The second kappa shape index (κ2) is 4.70. The van der Waals surface area contributed by atoms with Gasteiger partial charge >= 0.3 is 0 Å². The van der Waals surface area contributed by atoms with Gasteiger partial charge in [0.15, 0.2) is 11.1 Å². The molecule has 0 atom stereocenters. The molecule has 21 heavy (non-hydrogen) atoms. The highest BCUT2D eigenvalue weighted by atomic mass is 16.6. The number of oxazole rings is 1. The third-order valence-electron chi connectivity index (χ3n) is 4.48. The molecule has 5 rings (SSSR count). The van der Waals surface area contributed by atoms with Crippen molar-refractivity contribution in [1.82, 2.24) is 9.88 Å². The van der Waals surface area contributed by atoms with E-state index in [4.69, 9.17) is 4.42 Å². The normalized spacial score (nSPS) is 25.2. The van der Waals surface area contributed by atoms with Crippen molar-refractivity contribution in [1.29, 1.82) is 0 Å². The third kappa shape index (κ3) is 2.04. The molecule has 2 aromatic rings. The summed E-state index contributed by atoms with van der Waals surface area (Å²) in [7, 11) is 0. The number of nitro benzene ring substituents is 1. The van der Waals surface area contributed by atoms with Gasteiger partial charge in [0.25, 0.3) is 11.7 Å². The number of anilines is 1. The molecule has 3 aliphatic rings. The molecule has 2 bridgehead atoms. The zero-order valence-corrected chi connectivity index (χ0v) is 11.6. The summed E-state index contributed by atoms with van der Waals surface area (Å²) < 4.78 is 5.80. The lowest BCUT2D eigenvalue weighted by Crippen LogP contribution is -2.38. The molecule has 110 valence electrons. The number of fused-ring (bicyclic) bond motifs is 5. The van der Waals surface area contributed by atoms with Crippen LogP contribution in [0.25, 0.3) is 11.1 Å². The Kier molecular flexibility index (Phi) is 2.81. The van der Waals surface area contributed by atoms with Gasteiger partial charge in [-0.1, -0.05) is 6.07 Å². The Labute approximate surface area is 121 Å². The molecule has 0 aliphatic carbocycles. The lowest BCUT2D eigenvalue weighted by atomic mass is 10.1. The van der Waals surface area contributed by atoms with E-state index in [0.29, 0.717) is 23.2 Å². The Morgan fingerprint density at radius 2 is 2.05 bits per heavy atom. The van der Waals surface area contributed by atoms with Gasteiger partial charge in [-0.05, 0) is 18.9 Å². The third-order valence-corrected chi connectivity index (χ3v) is 4.48. The van der Waals surface area contributed by atoms with Crippen molar-refractivity contribution in [3.63, 3.8) is 0 Å². The maximum Gasteiger partial charge on any atom is 0.298 e. The number of hydrogen-bond acceptors (Lipinski definition) is 6. The van der Waals surface area contributed by atoms with Crippen LogP contribution < -0.4 is 4.90 Å². The van der Waals surface area contributed by atoms with Gasteiger partial charge in [-0.25, -0.2) is 0 Å². The Bertz CT molecular complexity index is 691. The minimum absolute atomic E-state index is 0.00497. The second-order valence-electron chi connectivity index (χ2n) is 5.64. The fraction of sp³-hybridized carbons (Fsp3) is 0.500. The standard InChI is InChI=1S/C14H16N4O3/c19-18(20)11-2-1-3-12-13(11)15-14(21-12)17-9-8-16-6-4-10(17)5-7-16/h1-3,10H,4-9H2. The summed E-state index contributed by atoms with van der Waals surface area (Å²) >= 11 is 0. The number of aromatic nitrogens is 1. The van der Waals surface area contributed by atoms with Crippen molar-refractivity contribution in [2.75, 3.05) is 31.1 Å². The van der Waals surface area contributed by atoms with Gasteiger partial charge in [-0.15, -0.1) is 0 Å². The molecule has 1 aromatic carbocycles. The van der Waals surface area contributed by atoms with Crippen molar-refractivity contribution in [2.24, 2.45) is 0 Å². The molecule has 7 nitrogen and oxygen atoms in total. The molecule has 0 radical (unpaired) electrons. The van der Waals surface area contributed by atoms with E-state index in [2.05, 4.69) is 14.8 Å². The van der Waals surface area contributed by atoms with Crippen LogP contribution in [0.3, 0.4) is 0 Å². The Hall–Kier alpha value is -2.15. The average Bonchev–Trinajstić information content (AvgIpc) is 2.69. The summed E-state index contributed by atoms with van der Waals surface area (Å²) in [6.45, 7) is 4.09. The van der Waals surface area contributed by atoms with E-state index in [0.717, 1.165) is 39.0 Å². The van der Waals surface area contributed by atoms with Crippen LogP contribution in [0.4, 0.5) is 11.7 Å². The highest BCUT2D eigenvalue weighted by molar-refractivity contribution is 5.84. The summed E-state index contributed by atoms with van der Waals surface area (Å²) in [5, 5.41) is 11.1. The number of rotatable bonds is 2. The minimum atomic E-state index is -0.408. The Morgan fingerprint density at radius 3 is 2.81 bits per heavy atom. The molecule has 0 spiro atoms. The van der Waals surface area contributed by atoms with Crippen molar-refractivity contribution < 1.29 is 9.34 Å². The number of nitrogens with zero attached hydrogens (tertiary/aromatic N) is 4. The topological polar surface area (TPSA) is 75.7 Å². The lowest BCUT2D eigenvalue weighted by Gasteiger charge is -2.30. The average molecular weight is 288 g/mol. The molecule has 0 amide bonds. The molecule has 0 N–H and O–H groups in total. The number of non-ortho nitro benzene ring substituents is 1. The van der Waals surface area contributed by atoms with E-state index in [1.165, 1.54) is 6.07 Å².